The van der Waals surface area contributed by atoms with E-state index in [9.17, 15) is 4.79 Å². The van der Waals surface area contributed by atoms with Crippen molar-refractivity contribution >= 4 is 17.5 Å². The highest BCUT2D eigenvalue weighted by atomic mass is 35.5. The van der Waals surface area contributed by atoms with Crippen LogP contribution in [0.15, 0.2) is 48.5 Å². The maximum absolute atomic E-state index is 13.2. The third-order valence-electron chi connectivity index (χ3n) is 5.47. The number of piperidine rings is 1. The summed E-state index contributed by atoms with van der Waals surface area (Å²) in [6, 6.07) is 15.0. The van der Waals surface area contributed by atoms with Crippen LogP contribution in [0.4, 0.5) is 0 Å². The minimum Gasteiger partial charge on any atom is -0.497 e. The van der Waals surface area contributed by atoms with Crippen molar-refractivity contribution in [2.45, 2.75) is 26.3 Å². The molecule has 4 nitrogen and oxygen atoms in total. The lowest BCUT2D eigenvalue weighted by Gasteiger charge is -2.32. The van der Waals surface area contributed by atoms with Crippen molar-refractivity contribution in [2.75, 3.05) is 33.3 Å². The molecule has 2 aromatic carbocycles. The smallest absolute Gasteiger partial charge is 0.254 e. The molecule has 0 aliphatic carbocycles. The molecule has 5 heteroatoms. The van der Waals surface area contributed by atoms with Gasteiger partial charge in [-0.25, -0.2) is 0 Å². The molecule has 0 bridgehead atoms. The van der Waals surface area contributed by atoms with Gasteiger partial charge in [-0.3, -0.25) is 4.79 Å². The Morgan fingerprint density at radius 3 is 2.36 bits per heavy atom. The second-order valence-electron chi connectivity index (χ2n) is 7.61. The zero-order valence-corrected chi connectivity index (χ0v) is 17.5. The van der Waals surface area contributed by atoms with E-state index >= 15 is 0 Å². The predicted molar refractivity (Wildman–Crippen MR) is 114 cm³/mol. The molecular weight excluding hydrogens is 372 g/mol. The van der Waals surface area contributed by atoms with Gasteiger partial charge >= 0.3 is 0 Å². The largest absolute Gasteiger partial charge is 0.497 e. The fraction of sp³-hybridized carbons (Fsp3) is 0.435. The van der Waals surface area contributed by atoms with E-state index in [2.05, 4.69) is 11.8 Å². The molecule has 1 saturated heterocycles. The van der Waals surface area contributed by atoms with Crippen molar-refractivity contribution in [1.82, 2.24) is 9.80 Å². The van der Waals surface area contributed by atoms with Crippen LogP contribution in [-0.4, -0.2) is 49.0 Å². The fourth-order valence-corrected chi connectivity index (χ4v) is 3.65. The molecule has 0 unspecified atom stereocenters. The van der Waals surface area contributed by atoms with Crippen LogP contribution in [0.25, 0.3) is 0 Å². The lowest BCUT2D eigenvalue weighted by atomic mass is 9.99. The quantitative estimate of drug-likeness (QED) is 0.674. The first-order valence-corrected chi connectivity index (χ1v) is 10.3. The number of hydrogen-bond acceptors (Lipinski definition) is 3. The second kappa shape index (κ2) is 9.94. The van der Waals surface area contributed by atoms with Crippen LogP contribution in [-0.2, 0) is 6.54 Å². The summed E-state index contributed by atoms with van der Waals surface area (Å²) in [7, 11) is 1.63. The van der Waals surface area contributed by atoms with E-state index in [1.54, 1.807) is 7.11 Å². The molecular formula is C23H29ClN2O2. The number of rotatable bonds is 7. The Bertz CT molecular complexity index is 753. The molecule has 0 spiro atoms. The highest BCUT2D eigenvalue weighted by Crippen LogP contribution is 2.18. The molecule has 0 aromatic heterocycles. The molecule has 0 atom stereocenters. The summed E-state index contributed by atoms with van der Waals surface area (Å²) in [5, 5.41) is 0.708. The Morgan fingerprint density at radius 2 is 1.75 bits per heavy atom. The van der Waals surface area contributed by atoms with Crippen LogP contribution in [0.2, 0.25) is 5.02 Å². The third kappa shape index (κ3) is 5.73. The van der Waals surface area contributed by atoms with Crippen molar-refractivity contribution in [1.29, 1.82) is 0 Å². The number of benzene rings is 2. The normalized spacial score (nSPS) is 15.4. The Labute approximate surface area is 173 Å². The van der Waals surface area contributed by atoms with E-state index in [4.69, 9.17) is 16.3 Å². The third-order valence-corrected chi connectivity index (χ3v) is 5.73. The molecule has 0 saturated carbocycles. The Balaban J connectivity index is 1.70. The lowest BCUT2D eigenvalue weighted by molar-refractivity contribution is 0.0709. The van der Waals surface area contributed by atoms with E-state index in [1.165, 1.54) is 12.8 Å². The summed E-state index contributed by atoms with van der Waals surface area (Å²) in [4.78, 5) is 17.6. The number of nitrogens with zero attached hydrogens (tertiary/aromatic N) is 2. The standard InChI is InChI=1S/C23H29ClN2O2/c1-18-11-13-25(14-12-18)15-16-26(17-19-3-7-21(24)8-4-19)23(27)20-5-9-22(28-2)10-6-20/h3-10,18H,11-17H2,1-2H3. The molecule has 1 heterocycles. The Hall–Kier alpha value is -2.04. The number of carbonyl (C=O) groups is 1. The van der Waals surface area contributed by atoms with Gasteiger partial charge in [0.05, 0.1) is 7.11 Å². The topological polar surface area (TPSA) is 32.8 Å². The highest BCUT2D eigenvalue weighted by Gasteiger charge is 2.20. The van der Waals surface area contributed by atoms with Gasteiger partial charge in [0.15, 0.2) is 0 Å². The average Bonchev–Trinajstić information content (AvgIpc) is 2.73. The summed E-state index contributed by atoms with van der Waals surface area (Å²) >= 11 is 6.01. The van der Waals surface area contributed by atoms with Crippen LogP contribution in [0.3, 0.4) is 0 Å². The number of halogens is 1. The van der Waals surface area contributed by atoms with Crippen molar-refractivity contribution in [3.05, 3.63) is 64.7 Å². The summed E-state index contributed by atoms with van der Waals surface area (Å²) in [5.74, 6) is 1.61. The number of hydrogen-bond donors (Lipinski definition) is 0. The minimum atomic E-state index is 0.0444. The molecule has 1 amide bonds. The summed E-state index contributed by atoms with van der Waals surface area (Å²) in [6.45, 7) is 6.74. The summed E-state index contributed by atoms with van der Waals surface area (Å²) in [5.41, 5.74) is 1.76. The van der Waals surface area contributed by atoms with Gasteiger partial charge in [0.2, 0.25) is 0 Å². The molecule has 2 aromatic rings. The van der Waals surface area contributed by atoms with Crippen LogP contribution in [0.1, 0.15) is 35.7 Å². The number of ether oxygens (including phenoxy) is 1. The number of carbonyl (C=O) groups excluding carboxylic acids is 1. The lowest BCUT2D eigenvalue weighted by Crippen LogP contribution is -2.41. The van der Waals surface area contributed by atoms with E-state index in [1.807, 2.05) is 53.4 Å². The van der Waals surface area contributed by atoms with Gasteiger partial charge in [0.25, 0.3) is 5.91 Å². The maximum Gasteiger partial charge on any atom is 0.254 e. The van der Waals surface area contributed by atoms with Crippen molar-refractivity contribution in [2.24, 2.45) is 5.92 Å². The van der Waals surface area contributed by atoms with Gasteiger partial charge < -0.3 is 14.5 Å². The molecule has 0 radical (unpaired) electrons. The van der Waals surface area contributed by atoms with Crippen LogP contribution < -0.4 is 4.74 Å². The first-order valence-electron chi connectivity index (χ1n) is 9.95. The predicted octanol–water partition coefficient (Wildman–Crippen LogP) is 4.72. The molecule has 1 fully saturated rings. The molecule has 3 rings (SSSR count). The molecule has 0 N–H and O–H groups in total. The van der Waals surface area contributed by atoms with E-state index in [-0.39, 0.29) is 5.91 Å². The molecule has 1 aliphatic heterocycles. The number of amides is 1. The van der Waals surface area contributed by atoms with Gasteiger partial charge in [-0.2, -0.15) is 0 Å². The van der Waals surface area contributed by atoms with Crippen LogP contribution in [0, 0.1) is 5.92 Å². The second-order valence-corrected chi connectivity index (χ2v) is 8.04. The summed E-state index contributed by atoms with van der Waals surface area (Å²) < 4.78 is 5.21. The highest BCUT2D eigenvalue weighted by molar-refractivity contribution is 6.30. The summed E-state index contributed by atoms with van der Waals surface area (Å²) in [6.07, 6.45) is 2.48. The molecule has 28 heavy (non-hydrogen) atoms. The van der Waals surface area contributed by atoms with Gasteiger partial charge in [-0.1, -0.05) is 30.7 Å². The SMILES string of the molecule is COc1ccc(C(=O)N(CCN2CCC(C)CC2)Cc2ccc(Cl)cc2)cc1. The maximum atomic E-state index is 13.2. The van der Waals surface area contributed by atoms with Gasteiger partial charge in [-0.05, 0) is 73.8 Å². The zero-order valence-electron chi connectivity index (χ0n) is 16.7. The van der Waals surface area contributed by atoms with Crippen LogP contribution in [0.5, 0.6) is 5.75 Å². The van der Waals surface area contributed by atoms with Crippen molar-refractivity contribution < 1.29 is 9.53 Å². The zero-order chi connectivity index (χ0) is 19.9. The van der Waals surface area contributed by atoms with E-state index in [0.717, 1.165) is 36.9 Å². The average molecular weight is 401 g/mol. The van der Waals surface area contributed by atoms with Gasteiger partial charge in [0, 0.05) is 30.2 Å². The number of likely N-dealkylation sites (tertiary alicyclic amines) is 1. The van der Waals surface area contributed by atoms with Crippen LogP contribution >= 0.6 is 11.6 Å². The van der Waals surface area contributed by atoms with E-state index in [0.29, 0.717) is 23.7 Å². The van der Waals surface area contributed by atoms with E-state index < -0.39 is 0 Å². The van der Waals surface area contributed by atoms with Crippen molar-refractivity contribution in [3.8, 4) is 5.75 Å². The first-order chi connectivity index (χ1) is 13.5. The van der Waals surface area contributed by atoms with Gasteiger partial charge in [0.1, 0.15) is 5.75 Å². The van der Waals surface area contributed by atoms with Crippen molar-refractivity contribution in [3.63, 3.8) is 0 Å². The minimum absolute atomic E-state index is 0.0444. The first kappa shape index (κ1) is 20.7. The monoisotopic (exact) mass is 400 g/mol. The number of methoxy groups -OCH3 is 1. The Kier molecular flexibility index (Phi) is 7.35. The van der Waals surface area contributed by atoms with Gasteiger partial charge in [-0.15, -0.1) is 0 Å². The molecule has 150 valence electrons. The molecule has 1 aliphatic rings. The Morgan fingerprint density at radius 1 is 1.11 bits per heavy atom. The fourth-order valence-electron chi connectivity index (χ4n) is 3.53.